The minimum absolute atomic E-state index is 0.00534. The molecule has 0 aliphatic carbocycles. The molecule has 0 bridgehead atoms. The number of hydrogen-bond donors (Lipinski definition) is 0. The Morgan fingerprint density at radius 1 is 1.37 bits per heavy atom. The SMILES string of the molecule is CC(C)C(C#N)C(=O)N(C)CCc1ccc(F)cc1. The molecule has 0 heterocycles. The monoisotopic (exact) mass is 262 g/mol. The fraction of sp³-hybridized carbons (Fsp3) is 0.467. The smallest absolute Gasteiger partial charge is 0.239 e. The lowest BCUT2D eigenvalue weighted by atomic mass is 9.96. The van der Waals surface area contributed by atoms with Crippen molar-refractivity contribution in [2.24, 2.45) is 11.8 Å². The van der Waals surface area contributed by atoms with E-state index in [1.807, 2.05) is 19.9 Å². The van der Waals surface area contributed by atoms with E-state index in [-0.39, 0.29) is 17.6 Å². The van der Waals surface area contributed by atoms with Crippen LogP contribution in [-0.2, 0) is 11.2 Å². The summed E-state index contributed by atoms with van der Waals surface area (Å²) in [7, 11) is 1.69. The number of likely N-dealkylation sites (N-methyl/N-ethyl adjacent to an activating group) is 1. The van der Waals surface area contributed by atoms with Crippen LogP contribution in [0.5, 0.6) is 0 Å². The lowest BCUT2D eigenvalue weighted by Crippen LogP contribution is -2.36. The first-order valence-corrected chi connectivity index (χ1v) is 6.34. The zero-order valence-electron chi connectivity index (χ0n) is 11.6. The summed E-state index contributed by atoms with van der Waals surface area (Å²) < 4.78 is 12.8. The molecule has 0 radical (unpaired) electrons. The normalized spacial score (nSPS) is 12.0. The first-order chi connectivity index (χ1) is 8.95. The fourth-order valence-corrected chi connectivity index (χ4v) is 1.78. The number of hydrogen-bond acceptors (Lipinski definition) is 2. The summed E-state index contributed by atoms with van der Waals surface area (Å²) in [5, 5.41) is 8.99. The van der Waals surface area contributed by atoms with E-state index in [1.54, 1.807) is 24.1 Å². The molecule has 0 aliphatic rings. The summed E-state index contributed by atoms with van der Waals surface area (Å²) in [5.41, 5.74) is 0.971. The lowest BCUT2D eigenvalue weighted by molar-refractivity contribution is -0.133. The van der Waals surface area contributed by atoms with E-state index in [9.17, 15) is 9.18 Å². The van der Waals surface area contributed by atoms with E-state index in [4.69, 9.17) is 5.26 Å². The Hall–Kier alpha value is -1.89. The lowest BCUT2D eigenvalue weighted by Gasteiger charge is -2.21. The zero-order valence-corrected chi connectivity index (χ0v) is 11.6. The van der Waals surface area contributed by atoms with Crippen LogP contribution in [0.15, 0.2) is 24.3 Å². The highest BCUT2D eigenvalue weighted by Gasteiger charge is 2.24. The second-order valence-corrected chi connectivity index (χ2v) is 4.99. The van der Waals surface area contributed by atoms with Crippen LogP contribution in [0.1, 0.15) is 19.4 Å². The number of carbonyl (C=O) groups excluding carboxylic acids is 1. The van der Waals surface area contributed by atoms with Crippen LogP contribution in [0.4, 0.5) is 4.39 Å². The summed E-state index contributed by atoms with van der Waals surface area (Å²) >= 11 is 0. The molecule has 1 rings (SSSR count). The van der Waals surface area contributed by atoms with Crippen molar-refractivity contribution in [3.63, 3.8) is 0 Å². The Kier molecular flexibility index (Phi) is 5.50. The van der Waals surface area contributed by atoms with Crippen molar-refractivity contribution in [2.45, 2.75) is 20.3 Å². The van der Waals surface area contributed by atoms with E-state index in [0.717, 1.165) is 5.56 Å². The predicted molar refractivity (Wildman–Crippen MR) is 71.7 cm³/mol. The van der Waals surface area contributed by atoms with E-state index in [1.165, 1.54) is 12.1 Å². The molecule has 0 aliphatic heterocycles. The minimum atomic E-state index is -0.599. The van der Waals surface area contributed by atoms with Gasteiger partial charge in [0, 0.05) is 13.6 Å². The third kappa shape index (κ3) is 4.36. The standard InChI is InChI=1S/C15H19FN2O/c1-11(2)14(10-17)15(19)18(3)9-8-12-4-6-13(16)7-5-12/h4-7,11,14H,8-9H2,1-3H3. The van der Waals surface area contributed by atoms with Crippen LogP contribution in [0, 0.1) is 29.0 Å². The second-order valence-electron chi connectivity index (χ2n) is 4.99. The van der Waals surface area contributed by atoms with Crippen LogP contribution in [0.25, 0.3) is 0 Å². The second kappa shape index (κ2) is 6.89. The number of rotatable bonds is 5. The van der Waals surface area contributed by atoms with Gasteiger partial charge in [-0.25, -0.2) is 4.39 Å². The van der Waals surface area contributed by atoms with E-state index < -0.39 is 5.92 Å². The maximum Gasteiger partial charge on any atom is 0.239 e. The highest BCUT2D eigenvalue weighted by Crippen LogP contribution is 2.13. The van der Waals surface area contributed by atoms with Gasteiger partial charge in [0.1, 0.15) is 11.7 Å². The number of amides is 1. The van der Waals surface area contributed by atoms with Crippen molar-refractivity contribution in [1.29, 1.82) is 5.26 Å². The summed E-state index contributed by atoms with van der Waals surface area (Å²) in [6.07, 6.45) is 0.652. The van der Waals surface area contributed by atoms with Gasteiger partial charge in [-0.2, -0.15) is 5.26 Å². The van der Waals surface area contributed by atoms with Gasteiger partial charge in [0.25, 0.3) is 0 Å². The summed E-state index contributed by atoms with van der Waals surface area (Å²) in [6, 6.07) is 8.27. The van der Waals surface area contributed by atoms with E-state index in [2.05, 4.69) is 0 Å². The molecule has 0 saturated heterocycles. The Balaban J connectivity index is 2.55. The number of nitriles is 1. The van der Waals surface area contributed by atoms with E-state index >= 15 is 0 Å². The van der Waals surface area contributed by atoms with Crippen molar-refractivity contribution < 1.29 is 9.18 Å². The average Bonchev–Trinajstić information content (AvgIpc) is 2.38. The molecule has 1 aromatic rings. The first kappa shape index (κ1) is 15.2. The molecular weight excluding hydrogens is 243 g/mol. The molecule has 1 aromatic carbocycles. The van der Waals surface area contributed by atoms with Crippen molar-refractivity contribution in [2.75, 3.05) is 13.6 Å². The highest BCUT2D eigenvalue weighted by molar-refractivity contribution is 5.81. The Bertz CT molecular complexity index is 462. The molecule has 0 N–H and O–H groups in total. The number of benzene rings is 1. The molecule has 0 aromatic heterocycles. The molecular formula is C15H19FN2O. The van der Waals surface area contributed by atoms with Gasteiger partial charge in [0.15, 0.2) is 0 Å². The zero-order chi connectivity index (χ0) is 14.4. The quantitative estimate of drug-likeness (QED) is 0.818. The summed E-state index contributed by atoms with van der Waals surface area (Å²) in [5.74, 6) is -1.01. The summed E-state index contributed by atoms with van der Waals surface area (Å²) in [4.78, 5) is 13.6. The van der Waals surface area contributed by atoms with Crippen molar-refractivity contribution in [3.05, 3.63) is 35.6 Å². The molecule has 0 fully saturated rings. The van der Waals surface area contributed by atoms with Crippen molar-refractivity contribution in [1.82, 2.24) is 4.90 Å². The fourth-order valence-electron chi connectivity index (χ4n) is 1.78. The van der Waals surface area contributed by atoms with Gasteiger partial charge >= 0.3 is 0 Å². The van der Waals surface area contributed by atoms with Gasteiger partial charge in [-0.3, -0.25) is 4.79 Å². The third-order valence-corrected chi connectivity index (χ3v) is 3.10. The van der Waals surface area contributed by atoms with Crippen LogP contribution in [0.2, 0.25) is 0 Å². The molecule has 0 saturated carbocycles. The molecule has 3 nitrogen and oxygen atoms in total. The largest absolute Gasteiger partial charge is 0.344 e. The van der Waals surface area contributed by atoms with Crippen molar-refractivity contribution in [3.8, 4) is 6.07 Å². The molecule has 1 atom stereocenters. The predicted octanol–water partition coefficient (Wildman–Crippen LogP) is 2.62. The van der Waals surface area contributed by atoms with Gasteiger partial charge in [-0.05, 0) is 30.0 Å². The minimum Gasteiger partial charge on any atom is -0.344 e. The first-order valence-electron chi connectivity index (χ1n) is 6.34. The van der Waals surface area contributed by atoms with Gasteiger partial charge in [0.05, 0.1) is 6.07 Å². The van der Waals surface area contributed by atoms with Crippen LogP contribution >= 0.6 is 0 Å². The molecule has 1 amide bonds. The molecule has 19 heavy (non-hydrogen) atoms. The van der Waals surface area contributed by atoms with Gasteiger partial charge < -0.3 is 4.90 Å². The van der Waals surface area contributed by atoms with Crippen LogP contribution in [0.3, 0.4) is 0 Å². The van der Waals surface area contributed by atoms with Gasteiger partial charge in [-0.1, -0.05) is 26.0 Å². The Labute approximate surface area is 113 Å². The summed E-state index contributed by atoms with van der Waals surface area (Å²) in [6.45, 7) is 4.24. The maximum atomic E-state index is 12.8. The molecule has 0 spiro atoms. The third-order valence-electron chi connectivity index (χ3n) is 3.10. The van der Waals surface area contributed by atoms with Crippen LogP contribution < -0.4 is 0 Å². The maximum absolute atomic E-state index is 12.8. The number of nitrogens with zero attached hydrogens (tertiary/aromatic N) is 2. The van der Waals surface area contributed by atoms with E-state index in [0.29, 0.717) is 13.0 Å². The average molecular weight is 262 g/mol. The Morgan fingerprint density at radius 2 is 1.95 bits per heavy atom. The number of halogens is 1. The van der Waals surface area contributed by atoms with Gasteiger partial charge in [0.2, 0.25) is 5.91 Å². The number of carbonyl (C=O) groups is 1. The molecule has 1 unspecified atom stereocenters. The topological polar surface area (TPSA) is 44.1 Å². The molecule has 4 heteroatoms. The molecule has 102 valence electrons. The van der Waals surface area contributed by atoms with Crippen molar-refractivity contribution >= 4 is 5.91 Å². The van der Waals surface area contributed by atoms with Gasteiger partial charge in [-0.15, -0.1) is 0 Å². The Morgan fingerprint density at radius 3 is 2.42 bits per heavy atom. The van der Waals surface area contributed by atoms with Crippen LogP contribution in [-0.4, -0.2) is 24.4 Å². The highest BCUT2D eigenvalue weighted by atomic mass is 19.1.